The third-order valence-corrected chi connectivity index (χ3v) is 19.5. The SMILES string of the molecule is Brc1ccc(N(c2ccc(-c3ccccc3)cc2)c2ccc(-c3ccc4c(c3)c3ccccc3n4-c3ccccc3)cc2)cc1.C.OB(O)c1ccncc1.[B].[B][B].c1ccc(-c2ccc(N(c3ccc(-c4ccncc4)cc3)c3ccc(-c4ccc5c(c4)c4ccccc4n5-c4ccccc4)cc3)cc2)cc1. The lowest BCUT2D eigenvalue weighted by molar-refractivity contribution is 0.425. The fourth-order valence-electron chi connectivity index (χ4n) is 13.9. The van der Waals surface area contributed by atoms with Crippen molar-refractivity contribution < 1.29 is 10.0 Å². The van der Waals surface area contributed by atoms with Crippen molar-refractivity contribution in [1.82, 2.24) is 19.1 Å². The highest BCUT2D eigenvalue weighted by Gasteiger charge is 2.19. The molecule has 0 spiro atoms. The van der Waals surface area contributed by atoms with Crippen LogP contribution < -0.4 is 15.3 Å². The lowest BCUT2D eigenvalue weighted by Crippen LogP contribution is -2.29. The van der Waals surface area contributed by atoms with Crippen LogP contribution in [0, 0.1) is 0 Å². The zero-order valence-corrected chi connectivity index (χ0v) is 60.0. The van der Waals surface area contributed by atoms with Crippen LogP contribution in [-0.4, -0.2) is 60.2 Å². The van der Waals surface area contributed by atoms with Crippen LogP contribution in [0.3, 0.4) is 0 Å². The molecule has 0 saturated heterocycles. The minimum atomic E-state index is -1.38. The van der Waals surface area contributed by atoms with Crippen LogP contribution >= 0.6 is 15.9 Å². The smallest absolute Gasteiger partial charge is 0.423 e. The van der Waals surface area contributed by atoms with E-state index in [1.165, 1.54) is 112 Å². The Morgan fingerprint density at radius 1 is 0.269 bits per heavy atom. The van der Waals surface area contributed by atoms with Gasteiger partial charge in [-0.05, 0) is 231 Å². The Kier molecular flexibility index (Phi) is 23.5. The quantitative estimate of drug-likeness (QED) is 0.106. The number of para-hydroxylation sites is 4. The van der Waals surface area contributed by atoms with Gasteiger partial charge in [0.1, 0.15) is 0 Å². The van der Waals surface area contributed by atoms with E-state index < -0.39 is 7.12 Å². The normalized spacial score (nSPS) is 10.7. The Morgan fingerprint density at radius 2 is 0.519 bits per heavy atom. The molecule has 0 aliphatic heterocycles. The first-order chi connectivity index (χ1) is 52.3. The fraction of sp³-hybridized carbons (Fsp3) is 0.0105. The maximum Gasteiger partial charge on any atom is 0.488 e. The highest BCUT2D eigenvalue weighted by atomic mass is 79.9. The van der Waals surface area contributed by atoms with Gasteiger partial charge in [-0.1, -0.05) is 230 Å². The van der Waals surface area contributed by atoms with E-state index in [4.69, 9.17) is 10.0 Å². The molecule has 14 aromatic carbocycles. The third kappa shape index (κ3) is 15.9. The molecular formula is C95H72B4BrN6O2. The van der Waals surface area contributed by atoms with Crippen molar-refractivity contribution in [2.24, 2.45) is 0 Å². The summed E-state index contributed by atoms with van der Waals surface area (Å²) in [5.74, 6) is 0. The number of nitrogens with zero attached hydrogens (tertiary/aromatic N) is 6. The number of anilines is 6. The van der Waals surface area contributed by atoms with Gasteiger partial charge in [-0.3, -0.25) is 9.97 Å². The molecule has 0 unspecified atom stereocenters. The second-order valence-corrected chi connectivity index (χ2v) is 26.3. The molecule has 0 amide bonds. The topological polar surface area (TPSA) is 82.6 Å². The van der Waals surface area contributed by atoms with Gasteiger partial charge >= 0.3 is 7.12 Å². The molecule has 13 heteroatoms. The zero-order valence-electron chi connectivity index (χ0n) is 58.4. The van der Waals surface area contributed by atoms with Crippen LogP contribution in [0.5, 0.6) is 0 Å². The van der Waals surface area contributed by atoms with Crippen molar-refractivity contribution in [3.8, 4) is 67.0 Å². The maximum absolute atomic E-state index is 8.55. The molecule has 0 saturated carbocycles. The van der Waals surface area contributed by atoms with Gasteiger partial charge in [0.15, 0.2) is 0 Å². The van der Waals surface area contributed by atoms with Crippen molar-refractivity contribution in [2.75, 3.05) is 9.80 Å². The Hall–Kier alpha value is -12.8. The number of aromatic nitrogens is 4. The van der Waals surface area contributed by atoms with Gasteiger partial charge in [-0.2, -0.15) is 0 Å². The van der Waals surface area contributed by atoms with Crippen molar-refractivity contribution in [3.63, 3.8) is 0 Å². The summed E-state index contributed by atoms with van der Waals surface area (Å²) < 4.78 is 5.78. The van der Waals surface area contributed by atoms with E-state index in [0.29, 0.717) is 5.46 Å². The summed E-state index contributed by atoms with van der Waals surface area (Å²) in [6, 6.07) is 133. The van der Waals surface area contributed by atoms with E-state index in [1.807, 2.05) is 24.5 Å². The molecule has 4 heterocycles. The molecule has 513 valence electrons. The molecule has 0 fully saturated rings. The second-order valence-electron chi connectivity index (χ2n) is 25.3. The summed E-state index contributed by atoms with van der Waals surface area (Å²) in [7, 11) is 6.62. The lowest BCUT2D eigenvalue weighted by atomic mass is 9.81. The molecule has 2 N–H and O–H groups in total. The highest BCUT2D eigenvalue weighted by Crippen LogP contribution is 2.42. The van der Waals surface area contributed by atoms with E-state index >= 15 is 0 Å². The van der Waals surface area contributed by atoms with E-state index in [-0.39, 0.29) is 15.8 Å². The first-order valence-electron chi connectivity index (χ1n) is 35.0. The first kappa shape index (κ1) is 73.5. The Bertz CT molecular complexity index is 5830. The number of fused-ring (bicyclic) bond motifs is 6. The molecule has 18 rings (SSSR count). The van der Waals surface area contributed by atoms with Gasteiger partial charge in [0.25, 0.3) is 0 Å². The Morgan fingerprint density at radius 3 is 0.843 bits per heavy atom. The number of halogens is 1. The molecule has 108 heavy (non-hydrogen) atoms. The summed E-state index contributed by atoms with van der Waals surface area (Å²) in [5.41, 5.74) is 26.2. The second kappa shape index (κ2) is 34.4. The monoisotopic (exact) mass is 1450 g/mol. The van der Waals surface area contributed by atoms with Gasteiger partial charge in [0.2, 0.25) is 0 Å². The Balaban J connectivity index is 0.000000165. The number of hydrogen-bond donors (Lipinski definition) is 2. The van der Waals surface area contributed by atoms with Crippen LogP contribution in [0.2, 0.25) is 0 Å². The first-order valence-corrected chi connectivity index (χ1v) is 35.8. The van der Waals surface area contributed by atoms with E-state index in [9.17, 15) is 0 Å². The zero-order chi connectivity index (χ0) is 72.1. The molecule has 18 aromatic rings. The minimum Gasteiger partial charge on any atom is -0.423 e. The number of pyridine rings is 2. The van der Waals surface area contributed by atoms with Crippen LogP contribution in [0.1, 0.15) is 7.43 Å². The average Bonchev–Trinajstić information content (AvgIpc) is 1.59. The molecule has 7 radical (unpaired) electrons. The van der Waals surface area contributed by atoms with Crippen molar-refractivity contribution in [1.29, 1.82) is 0 Å². The predicted molar refractivity (Wildman–Crippen MR) is 462 cm³/mol. The van der Waals surface area contributed by atoms with Crippen LogP contribution in [0.25, 0.3) is 111 Å². The number of benzene rings is 14. The third-order valence-electron chi connectivity index (χ3n) is 19.0. The van der Waals surface area contributed by atoms with Gasteiger partial charge in [0.05, 0.1) is 22.1 Å². The summed E-state index contributed by atoms with van der Waals surface area (Å²) in [4.78, 5) is 12.5. The highest BCUT2D eigenvalue weighted by molar-refractivity contribution is 9.10. The summed E-state index contributed by atoms with van der Waals surface area (Å²) in [6.45, 7) is 0. The van der Waals surface area contributed by atoms with E-state index in [0.717, 1.165) is 49.7 Å². The molecule has 0 atom stereocenters. The van der Waals surface area contributed by atoms with Gasteiger partial charge in [-0.25, -0.2) is 0 Å². The predicted octanol–water partition coefficient (Wildman–Crippen LogP) is 23.3. The largest absolute Gasteiger partial charge is 0.488 e. The van der Waals surface area contributed by atoms with Gasteiger partial charge in [-0.15, -0.1) is 0 Å². The van der Waals surface area contributed by atoms with Crippen molar-refractivity contribution >= 4 is 130 Å². The van der Waals surface area contributed by atoms with Gasteiger partial charge < -0.3 is 29.0 Å². The Labute approximate surface area is 644 Å². The molecular weight excluding hydrogens is 1380 g/mol. The van der Waals surface area contributed by atoms with Crippen LogP contribution in [0.15, 0.2) is 405 Å². The summed E-state index contributed by atoms with van der Waals surface area (Å²) in [6.07, 6.45) is 6.69. The maximum atomic E-state index is 8.55. The van der Waals surface area contributed by atoms with Crippen LogP contribution in [-0.2, 0) is 0 Å². The minimum absolute atomic E-state index is 0. The van der Waals surface area contributed by atoms with E-state index in [2.05, 4.69) is 412 Å². The summed E-state index contributed by atoms with van der Waals surface area (Å²) >= 11 is 3.60. The molecule has 0 aliphatic carbocycles. The average molecular weight is 1450 g/mol. The van der Waals surface area contributed by atoms with Gasteiger partial charge in [0, 0.05) is 120 Å². The van der Waals surface area contributed by atoms with Crippen LogP contribution in [0.4, 0.5) is 34.1 Å². The number of rotatable bonds is 14. The van der Waals surface area contributed by atoms with E-state index in [1.54, 1.807) is 12.1 Å². The standard InChI is InChI=1S/C47H33N3.C42H29BrN2.C5H6BNO2.CH4.B2.B/c1-3-9-34(10-4-1)35-15-22-41(23-16-35)49(42-24-17-36(18-25-42)38-29-31-48-32-30-38)43-26-19-37(20-27-43)39-21-28-47-45(33-39)44-13-7-8-14-46(44)50(47)40-11-5-2-6-12-40;43-34-20-26-38(27-21-34)44(36-22-15-31(16-23-36)30-9-3-1-4-10-30)37-24-17-32(18-25-37)33-19-28-42-40(29-33)39-13-7-8-14-41(39)45(42)35-11-5-2-6-12-35;8-6(9)5-1-3-7-4-2-5;;1-2;/h1-33H;1-29H;1-4,8-9H;1H4;;. The molecule has 8 nitrogen and oxygen atoms in total. The van der Waals surface area contributed by atoms with Crippen molar-refractivity contribution in [3.05, 3.63) is 405 Å². The molecule has 4 aromatic heterocycles. The molecule has 0 aliphatic rings. The fourth-order valence-corrected chi connectivity index (χ4v) is 14.1. The lowest BCUT2D eigenvalue weighted by Gasteiger charge is -2.26. The number of hydrogen-bond acceptors (Lipinski definition) is 6. The molecule has 0 bridgehead atoms. The van der Waals surface area contributed by atoms with Crippen molar-refractivity contribution in [2.45, 2.75) is 7.43 Å². The summed E-state index contributed by atoms with van der Waals surface area (Å²) in [5, 5.41) is 22.1.